The van der Waals surface area contributed by atoms with Gasteiger partial charge >= 0.3 is 5.97 Å². The molecule has 2 N–H and O–H groups in total. The van der Waals surface area contributed by atoms with E-state index >= 15 is 0 Å². The van der Waals surface area contributed by atoms with Gasteiger partial charge in [-0.1, -0.05) is 11.6 Å². The van der Waals surface area contributed by atoms with Crippen LogP contribution in [0.25, 0.3) is 0 Å². The van der Waals surface area contributed by atoms with Crippen molar-refractivity contribution in [1.29, 1.82) is 0 Å². The third-order valence-electron chi connectivity index (χ3n) is 2.58. The van der Waals surface area contributed by atoms with Crippen molar-refractivity contribution < 1.29 is 14.3 Å². The largest absolute Gasteiger partial charge is 0.478 e. The highest BCUT2D eigenvalue weighted by molar-refractivity contribution is 9.10. The van der Waals surface area contributed by atoms with Crippen LogP contribution in [-0.2, 0) is 6.54 Å². The fourth-order valence-corrected chi connectivity index (χ4v) is 2.22. The van der Waals surface area contributed by atoms with Crippen molar-refractivity contribution in [3.63, 3.8) is 0 Å². The zero-order valence-electron chi connectivity index (χ0n) is 10.0. The standard InChI is InChI=1S/C13H11BrClNO3/c1-7-10(13(17)18)5-9(19-7)6-16-12-4-8(15)2-3-11(12)14/h2-5,16H,6H2,1H3,(H,17,18). The lowest BCUT2D eigenvalue weighted by Gasteiger charge is -2.07. The molecule has 1 heterocycles. The number of aromatic carboxylic acids is 1. The monoisotopic (exact) mass is 343 g/mol. The number of aryl methyl sites for hydroxylation is 1. The van der Waals surface area contributed by atoms with E-state index in [4.69, 9.17) is 21.1 Å². The lowest BCUT2D eigenvalue weighted by atomic mass is 10.2. The average molecular weight is 345 g/mol. The molecule has 0 aliphatic rings. The molecule has 6 heteroatoms. The van der Waals surface area contributed by atoms with E-state index in [1.54, 1.807) is 19.1 Å². The number of benzene rings is 1. The van der Waals surface area contributed by atoms with Gasteiger partial charge in [-0.2, -0.15) is 0 Å². The van der Waals surface area contributed by atoms with Crippen LogP contribution in [0.4, 0.5) is 5.69 Å². The molecule has 0 aliphatic carbocycles. The second-order valence-corrected chi connectivity index (χ2v) is 5.26. The molecule has 2 rings (SSSR count). The first kappa shape index (κ1) is 14.0. The quantitative estimate of drug-likeness (QED) is 0.867. The maximum Gasteiger partial charge on any atom is 0.339 e. The van der Waals surface area contributed by atoms with Crippen molar-refractivity contribution in [2.75, 3.05) is 5.32 Å². The minimum atomic E-state index is -0.989. The summed E-state index contributed by atoms with van der Waals surface area (Å²) in [5, 5.41) is 12.7. The van der Waals surface area contributed by atoms with Gasteiger partial charge in [0.1, 0.15) is 17.1 Å². The highest BCUT2D eigenvalue weighted by Gasteiger charge is 2.13. The van der Waals surface area contributed by atoms with Gasteiger partial charge in [-0.05, 0) is 47.1 Å². The first-order chi connectivity index (χ1) is 8.97. The Labute approximate surface area is 123 Å². The number of carbonyl (C=O) groups is 1. The van der Waals surface area contributed by atoms with E-state index in [2.05, 4.69) is 21.2 Å². The van der Waals surface area contributed by atoms with Crippen LogP contribution in [0.1, 0.15) is 21.9 Å². The van der Waals surface area contributed by atoms with E-state index < -0.39 is 5.97 Å². The minimum absolute atomic E-state index is 0.182. The number of carboxylic acid groups (broad SMARTS) is 1. The van der Waals surface area contributed by atoms with Crippen LogP contribution in [0, 0.1) is 6.92 Å². The van der Waals surface area contributed by atoms with Gasteiger partial charge in [0, 0.05) is 9.50 Å². The smallest absolute Gasteiger partial charge is 0.339 e. The van der Waals surface area contributed by atoms with Gasteiger partial charge in [0.05, 0.1) is 12.2 Å². The van der Waals surface area contributed by atoms with Crippen LogP contribution in [0.15, 0.2) is 33.2 Å². The summed E-state index contributed by atoms with van der Waals surface area (Å²) in [7, 11) is 0. The Morgan fingerprint density at radius 2 is 2.21 bits per heavy atom. The summed E-state index contributed by atoms with van der Waals surface area (Å²) >= 11 is 9.31. The number of halogens is 2. The molecule has 2 aromatic rings. The SMILES string of the molecule is Cc1oc(CNc2cc(Cl)ccc2Br)cc1C(=O)O. The minimum Gasteiger partial charge on any atom is -0.478 e. The van der Waals surface area contributed by atoms with Crippen molar-refractivity contribution in [3.8, 4) is 0 Å². The molecule has 100 valence electrons. The van der Waals surface area contributed by atoms with Gasteiger partial charge in [-0.3, -0.25) is 0 Å². The molecule has 0 fully saturated rings. The lowest BCUT2D eigenvalue weighted by molar-refractivity contribution is 0.0695. The van der Waals surface area contributed by atoms with Gasteiger partial charge < -0.3 is 14.8 Å². The maximum absolute atomic E-state index is 10.9. The predicted molar refractivity (Wildman–Crippen MR) is 76.9 cm³/mol. The molecule has 0 unspecified atom stereocenters. The molecule has 1 aromatic heterocycles. The van der Waals surface area contributed by atoms with E-state index in [9.17, 15) is 4.79 Å². The van der Waals surface area contributed by atoms with Gasteiger partial charge in [0.15, 0.2) is 0 Å². The number of hydrogen-bond acceptors (Lipinski definition) is 3. The van der Waals surface area contributed by atoms with Crippen molar-refractivity contribution in [2.24, 2.45) is 0 Å². The maximum atomic E-state index is 10.9. The molecule has 0 radical (unpaired) electrons. The molecule has 4 nitrogen and oxygen atoms in total. The topological polar surface area (TPSA) is 62.5 Å². The van der Waals surface area contributed by atoms with E-state index in [-0.39, 0.29) is 5.56 Å². The molecular weight excluding hydrogens is 334 g/mol. The molecule has 0 atom stereocenters. The highest BCUT2D eigenvalue weighted by Crippen LogP contribution is 2.26. The third kappa shape index (κ3) is 3.30. The molecule has 1 aromatic carbocycles. The van der Waals surface area contributed by atoms with Gasteiger partial charge in [-0.25, -0.2) is 4.79 Å². The van der Waals surface area contributed by atoms with E-state index in [1.165, 1.54) is 6.07 Å². The van der Waals surface area contributed by atoms with Gasteiger partial charge in [0.2, 0.25) is 0 Å². The summed E-state index contributed by atoms with van der Waals surface area (Å²) in [6.45, 7) is 2.01. The van der Waals surface area contributed by atoms with Gasteiger partial charge in [-0.15, -0.1) is 0 Å². The Balaban J connectivity index is 2.12. The number of carboxylic acids is 1. The molecule has 0 bridgehead atoms. The lowest BCUT2D eigenvalue weighted by Crippen LogP contribution is -1.99. The Morgan fingerprint density at radius 1 is 1.47 bits per heavy atom. The fourth-order valence-electron chi connectivity index (χ4n) is 1.66. The highest BCUT2D eigenvalue weighted by atomic mass is 79.9. The molecule has 0 saturated carbocycles. The molecule has 0 aliphatic heterocycles. The zero-order valence-corrected chi connectivity index (χ0v) is 12.4. The Kier molecular flexibility index (Phi) is 4.17. The zero-order chi connectivity index (χ0) is 14.0. The second-order valence-electron chi connectivity index (χ2n) is 3.97. The van der Waals surface area contributed by atoms with Crippen LogP contribution in [-0.4, -0.2) is 11.1 Å². The van der Waals surface area contributed by atoms with Crippen molar-refractivity contribution in [3.05, 3.63) is 50.8 Å². The molecule has 19 heavy (non-hydrogen) atoms. The van der Waals surface area contributed by atoms with Gasteiger partial charge in [0.25, 0.3) is 0 Å². The number of nitrogens with one attached hydrogen (secondary N) is 1. The first-order valence-electron chi connectivity index (χ1n) is 5.49. The van der Waals surface area contributed by atoms with Crippen LogP contribution < -0.4 is 5.32 Å². The Hall–Kier alpha value is -1.46. The third-order valence-corrected chi connectivity index (χ3v) is 3.51. The van der Waals surface area contributed by atoms with Crippen molar-refractivity contribution in [1.82, 2.24) is 0 Å². The fraction of sp³-hybridized carbons (Fsp3) is 0.154. The average Bonchev–Trinajstić information content (AvgIpc) is 2.72. The van der Waals surface area contributed by atoms with E-state index in [0.717, 1.165) is 10.2 Å². The molecule has 0 spiro atoms. The summed E-state index contributed by atoms with van der Waals surface area (Å²) in [6.07, 6.45) is 0. The summed E-state index contributed by atoms with van der Waals surface area (Å²) in [5.41, 5.74) is 1.00. The Morgan fingerprint density at radius 3 is 2.84 bits per heavy atom. The van der Waals surface area contributed by atoms with Crippen LogP contribution in [0.3, 0.4) is 0 Å². The number of rotatable bonds is 4. The second kappa shape index (κ2) is 5.67. The normalized spacial score (nSPS) is 10.5. The molecular formula is C13H11BrClNO3. The first-order valence-corrected chi connectivity index (χ1v) is 6.66. The molecule has 0 amide bonds. The summed E-state index contributed by atoms with van der Waals surface area (Å²) in [4.78, 5) is 10.9. The van der Waals surface area contributed by atoms with Crippen molar-refractivity contribution >= 4 is 39.2 Å². The predicted octanol–water partition coefficient (Wildman–Crippen LogP) is 4.31. The van der Waals surface area contributed by atoms with Crippen LogP contribution in [0.5, 0.6) is 0 Å². The van der Waals surface area contributed by atoms with Crippen molar-refractivity contribution in [2.45, 2.75) is 13.5 Å². The summed E-state index contributed by atoms with van der Waals surface area (Å²) in [6, 6.07) is 6.90. The summed E-state index contributed by atoms with van der Waals surface area (Å²) < 4.78 is 6.25. The van der Waals surface area contributed by atoms with Crippen LogP contribution in [0.2, 0.25) is 5.02 Å². The molecule has 0 saturated heterocycles. The number of hydrogen-bond donors (Lipinski definition) is 2. The van der Waals surface area contributed by atoms with E-state index in [0.29, 0.717) is 23.1 Å². The number of anilines is 1. The summed E-state index contributed by atoms with van der Waals surface area (Å²) in [5.74, 6) is -0.0346. The Bertz CT molecular complexity index is 624. The van der Waals surface area contributed by atoms with E-state index in [1.807, 2.05) is 6.07 Å². The number of furan rings is 1. The van der Waals surface area contributed by atoms with Crippen LogP contribution >= 0.6 is 27.5 Å².